The number of amidine groups is 1. The minimum atomic E-state index is 0.214. The smallest absolute Gasteiger partial charge is 0.164 e. The monoisotopic (exact) mass is 371 g/mol. The average Bonchev–Trinajstić information content (AvgIpc) is 2.64. The van der Waals surface area contributed by atoms with E-state index < -0.39 is 0 Å². The second kappa shape index (κ2) is 7.40. The highest BCUT2D eigenvalue weighted by Crippen LogP contribution is 2.46. The second-order valence-electron chi connectivity index (χ2n) is 8.81. The third kappa shape index (κ3) is 3.86. The Kier molecular flexibility index (Phi) is 5.55. The Hall–Kier alpha value is -1.26. The molecule has 2 aliphatic rings. The van der Waals surface area contributed by atoms with E-state index >= 15 is 0 Å². The summed E-state index contributed by atoms with van der Waals surface area (Å²) < 4.78 is 0. The van der Waals surface area contributed by atoms with Crippen molar-refractivity contribution in [1.29, 1.82) is 0 Å². The molecule has 0 spiro atoms. The van der Waals surface area contributed by atoms with Crippen LogP contribution in [0.15, 0.2) is 29.8 Å². The zero-order chi connectivity index (χ0) is 18.9. The first-order valence-electron chi connectivity index (χ1n) is 9.67. The normalized spacial score (nSPS) is 22.0. The van der Waals surface area contributed by atoms with Crippen LogP contribution in [0.4, 0.5) is 0 Å². The zero-order valence-electron chi connectivity index (χ0n) is 17.0. The van der Waals surface area contributed by atoms with E-state index in [1.54, 1.807) is 11.8 Å². The van der Waals surface area contributed by atoms with Gasteiger partial charge in [0.2, 0.25) is 0 Å². The predicted octanol–water partition coefficient (Wildman–Crippen LogP) is 4.63. The highest BCUT2D eigenvalue weighted by Gasteiger charge is 2.37. The lowest BCUT2D eigenvalue weighted by Crippen LogP contribution is -2.45. The van der Waals surface area contributed by atoms with Gasteiger partial charge in [0.1, 0.15) is 0 Å². The van der Waals surface area contributed by atoms with Crippen LogP contribution in [0, 0.1) is 0 Å². The van der Waals surface area contributed by atoms with E-state index in [1.807, 2.05) is 0 Å². The summed E-state index contributed by atoms with van der Waals surface area (Å²) in [4.78, 5) is 7.26. The van der Waals surface area contributed by atoms with Crippen LogP contribution in [0.2, 0.25) is 0 Å². The maximum absolute atomic E-state index is 4.91. The number of hydrogen-bond donors (Lipinski definition) is 1. The fourth-order valence-corrected chi connectivity index (χ4v) is 4.69. The van der Waals surface area contributed by atoms with Crippen molar-refractivity contribution in [3.05, 3.63) is 41.5 Å². The van der Waals surface area contributed by atoms with Crippen LogP contribution in [0.3, 0.4) is 0 Å². The zero-order valence-corrected chi connectivity index (χ0v) is 17.8. The number of thioether (sulfide) groups is 1. The number of nitrogens with one attached hydrogen (secondary N) is 1. The Balaban J connectivity index is 1.92. The molecule has 1 N–H and O–H groups in total. The van der Waals surface area contributed by atoms with Gasteiger partial charge in [-0.25, -0.2) is 4.99 Å². The van der Waals surface area contributed by atoms with E-state index in [4.69, 9.17) is 4.99 Å². The molecular formula is C22H33N3S. The Morgan fingerprint density at radius 3 is 2.31 bits per heavy atom. The van der Waals surface area contributed by atoms with E-state index in [2.05, 4.69) is 68.9 Å². The first-order valence-corrected chi connectivity index (χ1v) is 10.9. The Labute approximate surface area is 163 Å². The summed E-state index contributed by atoms with van der Waals surface area (Å²) >= 11 is 1.72. The molecule has 3 nitrogen and oxygen atoms in total. The van der Waals surface area contributed by atoms with Crippen molar-refractivity contribution < 1.29 is 0 Å². The molecular weight excluding hydrogens is 338 g/mol. The summed E-state index contributed by atoms with van der Waals surface area (Å²) in [5.74, 6) is 0. The fourth-order valence-electron chi connectivity index (χ4n) is 4.05. The molecule has 1 saturated heterocycles. The maximum atomic E-state index is 4.91. The first kappa shape index (κ1) is 19.5. The predicted molar refractivity (Wildman–Crippen MR) is 116 cm³/mol. The van der Waals surface area contributed by atoms with Crippen LogP contribution in [0.1, 0.15) is 57.2 Å². The quantitative estimate of drug-likeness (QED) is 0.607. The molecule has 0 amide bonds. The molecule has 3 rings (SSSR count). The number of nitrogens with zero attached hydrogens (tertiary/aromatic N) is 2. The van der Waals surface area contributed by atoms with Gasteiger partial charge in [0, 0.05) is 26.2 Å². The minimum Gasteiger partial charge on any atom is -0.349 e. The number of piperazine rings is 1. The van der Waals surface area contributed by atoms with Crippen molar-refractivity contribution in [2.24, 2.45) is 4.99 Å². The van der Waals surface area contributed by atoms with Gasteiger partial charge < -0.3 is 10.2 Å². The summed E-state index contributed by atoms with van der Waals surface area (Å²) in [5, 5.41) is 4.48. The van der Waals surface area contributed by atoms with Gasteiger partial charge >= 0.3 is 0 Å². The molecule has 4 heteroatoms. The lowest BCUT2D eigenvalue weighted by Gasteiger charge is -2.42. The molecule has 26 heavy (non-hydrogen) atoms. The third-order valence-corrected chi connectivity index (χ3v) is 6.70. The largest absolute Gasteiger partial charge is 0.349 e. The van der Waals surface area contributed by atoms with Crippen molar-refractivity contribution >= 4 is 22.6 Å². The molecule has 0 unspecified atom stereocenters. The van der Waals surface area contributed by atoms with Crippen LogP contribution in [-0.2, 0) is 10.8 Å². The van der Waals surface area contributed by atoms with E-state index in [-0.39, 0.29) is 10.8 Å². The number of fused-ring (bicyclic) bond motifs is 1. The Bertz CT molecular complexity index is 712. The van der Waals surface area contributed by atoms with Gasteiger partial charge in [0.15, 0.2) is 5.17 Å². The first-order chi connectivity index (χ1) is 12.2. The van der Waals surface area contributed by atoms with Crippen LogP contribution >= 0.6 is 11.8 Å². The molecule has 0 radical (unpaired) electrons. The van der Waals surface area contributed by atoms with Gasteiger partial charge in [0.25, 0.3) is 0 Å². The van der Waals surface area contributed by atoms with Crippen molar-refractivity contribution in [2.45, 2.75) is 51.4 Å². The fraction of sp³-hybridized carbons (Fsp3) is 0.591. The molecule has 0 saturated carbocycles. The second-order valence-corrected chi connectivity index (χ2v) is 9.58. The molecule has 1 fully saturated rings. The van der Waals surface area contributed by atoms with Crippen LogP contribution in [0.5, 0.6) is 0 Å². The molecule has 0 bridgehead atoms. The molecule has 1 aliphatic heterocycles. The van der Waals surface area contributed by atoms with Gasteiger partial charge in [-0.2, -0.15) is 0 Å². The summed E-state index contributed by atoms with van der Waals surface area (Å²) in [6.07, 6.45) is 4.57. The van der Waals surface area contributed by atoms with Crippen LogP contribution < -0.4 is 5.32 Å². The van der Waals surface area contributed by atoms with Crippen molar-refractivity contribution in [3.8, 4) is 0 Å². The van der Waals surface area contributed by atoms with Gasteiger partial charge in [-0.1, -0.05) is 58.2 Å². The summed E-state index contributed by atoms with van der Waals surface area (Å²) in [7, 11) is 0. The van der Waals surface area contributed by atoms with Gasteiger partial charge in [-0.3, -0.25) is 0 Å². The standard InChI is InChI=1S/C22H33N3S/c1-16(24-20(26-6)25-13-11-23-12-14-25)17-7-8-18-19(15-17)22(4,5)10-9-21(18,2)3/h7-8,15,23H,1,9-14H2,2-6H3. The minimum absolute atomic E-state index is 0.214. The van der Waals surface area contributed by atoms with E-state index in [9.17, 15) is 0 Å². The summed E-state index contributed by atoms with van der Waals surface area (Å²) in [6, 6.07) is 6.87. The van der Waals surface area contributed by atoms with Crippen LogP contribution in [-0.4, -0.2) is 42.5 Å². The topological polar surface area (TPSA) is 27.6 Å². The Morgan fingerprint density at radius 1 is 1.08 bits per heavy atom. The third-order valence-electron chi connectivity index (χ3n) is 5.99. The lowest BCUT2D eigenvalue weighted by atomic mass is 9.63. The number of rotatable bonds is 2. The number of hydrogen-bond acceptors (Lipinski definition) is 3. The van der Waals surface area contributed by atoms with Gasteiger partial charge in [0.05, 0.1) is 5.70 Å². The molecule has 0 aromatic heterocycles. The van der Waals surface area contributed by atoms with E-state index in [0.717, 1.165) is 42.6 Å². The molecule has 1 aromatic carbocycles. The number of benzene rings is 1. The van der Waals surface area contributed by atoms with Gasteiger partial charge in [-0.15, -0.1) is 0 Å². The number of aliphatic imine (C=N–C) groups is 1. The van der Waals surface area contributed by atoms with Crippen LogP contribution in [0.25, 0.3) is 5.70 Å². The summed E-state index contributed by atoms with van der Waals surface area (Å²) in [5.41, 5.74) is 5.44. The lowest BCUT2D eigenvalue weighted by molar-refractivity contribution is 0.332. The maximum Gasteiger partial charge on any atom is 0.164 e. The SMILES string of the molecule is C=C(N=C(SC)N1CCNCC1)c1ccc2c(c1)C(C)(C)CCC2(C)C. The summed E-state index contributed by atoms with van der Waals surface area (Å²) in [6.45, 7) is 17.8. The molecule has 1 aliphatic carbocycles. The molecule has 142 valence electrons. The van der Waals surface area contributed by atoms with E-state index in [1.165, 1.54) is 24.0 Å². The van der Waals surface area contributed by atoms with Crippen molar-refractivity contribution in [1.82, 2.24) is 10.2 Å². The molecule has 1 aromatic rings. The average molecular weight is 372 g/mol. The highest BCUT2D eigenvalue weighted by atomic mass is 32.2. The molecule has 0 atom stereocenters. The van der Waals surface area contributed by atoms with Gasteiger partial charge in [-0.05, 0) is 52.7 Å². The van der Waals surface area contributed by atoms with Crippen molar-refractivity contribution in [3.63, 3.8) is 0 Å². The Morgan fingerprint density at radius 2 is 1.69 bits per heavy atom. The molecule has 1 heterocycles. The van der Waals surface area contributed by atoms with Crippen molar-refractivity contribution in [2.75, 3.05) is 32.4 Å². The van der Waals surface area contributed by atoms with E-state index in [0.29, 0.717) is 0 Å². The highest BCUT2D eigenvalue weighted by molar-refractivity contribution is 8.13.